The van der Waals surface area contributed by atoms with E-state index >= 15 is 0 Å². The number of aromatic nitrogens is 1. The van der Waals surface area contributed by atoms with E-state index < -0.39 is 18.0 Å². The molecule has 0 aliphatic heterocycles. The number of carbonyl (C=O) groups excluding carboxylic acids is 2. The first-order valence-corrected chi connectivity index (χ1v) is 8.45. The number of esters is 1. The smallest absolute Gasteiger partial charge is 0.338 e. The first kappa shape index (κ1) is 17.1. The number of hydrogen-bond acceptors (Lipinski definition) is 4. The highest BCUT2D eigenvalue weighted by Crippen LogP contribution is 2.21. The monoisotopic (exact) mass is 398 g/mol. The molecule has 1 atom stereocenters. The van der Waals surface area contributed by atoms with Gasteiger partial charge in [-0.1, -0.05) is 28.1 Å². The van der Waals surface area contributed by atoms with E-state index in [0.29, 0.717) is 11.3 Å². The minimum Gasteiger partial charge on any atom is -0.449 e. The number of amides is 1. The second kappa shape index (κ2) is 7.44. The van der Waals surface area contributed by atoms with Crippen molar-refractivity contribution in [2.75, 3.05) is 5.32 Å². The Bertz CT molecular complexity index is 937. The molecule has 126 valence electrons. The normalized spacial score (nSPS) is 11.8. The van der Waals surface area contributed by atoms with E-state index in [-0.39, 0.29) is 0 Å². The Morgan fingerprint density at radius 1 is 1.12 bits per heavy atom. The van der Waals surface area contributed by atoms with Gasteiger partial charge in [-0.3, -0.25) is 9.78 Å². The van der Waals surface area contributed by atoms with Crippen molar-refractivity contribution in [3.8, 4) is 0 Å². The van der Waals surface area contributed by atoms with Crippen molar-refractivity contribution in [3.63, 3.8) is 0 Å². The molecule has 0 aliphatic rings. The van der Waals surface area contributed by atoms with E-state index in [0.717, 1.165) is 15.4 Å². The summed E-state index contributed by atoms with van der Waals surface area (Å²) in [6.45, 7) is 1.54. The number of fused-ring (bicyclic) bond motifs is 1. The molecule has 0 saturated heterocycles. The number of carbonyl (C=O) groups is 2. The second-order valence-corrected chi connectivity index (χ2v) is 6.34. The summed E-state index contributed by atoms with van der Waals surface area (Å²) < 4.78 is 6.02. The van der Waals surface area contributed by atoms with Gasteiger partial charge in [0.05, 0.1) is 16.8 Å². The van der Waals surface area contributed by atoms with Gasteiger partial charge in [0.25, 0.3) is 5.91 Å². The zero-order valence-electron chi connectivity index (χ0n) is 13.4. The lowest BCUT2D eigenvalue weighted by atomic mass is 10.1. The summed E-state index contributed by atoms with van der Waals surface area (Å²) in [5, 5.41) is 3.61. The van der Waals surface area contributed by atoms with Crippen LogP contribution in [0.2, 0.25) is 0 Å². The van der Waals surface area contributed by atoms with E-state index in [9.17, 15) is 9.59 Å². The van der Waals surface area contributed by atoms with Gasteiger partial charge in [0, 0.05) is 16.1 Å². The molecular formula is C19H15BrN2O3. The molecule has 1 heterocycles. The Morgan fingerprint density at radius 3 is 2.72 bits per heavy atom. The molecule has 6 heteroatoms. The van der Waals surface area contributed by atoms with Gasteiger partial charge in [0.1, 0.15) is 0 Å². The number of halogens is 1. The Labute approximate surface area is 153 Å². The fourth-order valence-corrected chi connectivity index (χ4v) is 2.74. The van der Waals surface area contributed by atoms with E-state index in [2.05, 4.69) is 26.2 Å². The fraction of sp³-hybridized carbons (Fsp3) is 0.105. The number of rotatable bonds is 4. The SMILES string of the molecule is CC(OC(=O)c1cccc(Br)c1)C(=O)Nc1cccc2ncccc12. The van der Waals surface area contributed by atoms with Gasteiger partial charge in [-0.25, -0.2) is 4.79 Å². The van der Waals surface area contributed by atoms with Crippen molar-refractivity contribution in [2.24, 2.45) is 0 Å². The highest BCUT2D eigenvalue weighted by Gasteiger charge is 2.19. The predicted molar refractivity (Wildman–Crippen MR) is 99.4 cm³/mol. The number of pyridine rings is 1. The molecule has 3 rings (SSSR count). The van der Waals surface area contributed by atoms with Crippen molar-refractivity contribution in [1.29, 1.82) is 0 Å². The largest absolute Gasteiger partial charge is 0.449 e. The lowest BCUT2D eigenvalue weighted by molar-refractivity contribution is -0.123. The molecule has 1 unspecified atom stereocenters. The number of nitrogens with zero attached hydrogens (tertiary/aromatic N) is 1. The third-order valence-electron chi connectivity index (χ3n) is 3.62. The van der Waals surface area contributed by atoms with E-state index in [1.54, 1.807) is 36.5 Å². The highest BCUT2D eigenvalue weighted by atomic mass is 79.9. The van der Waals surface area contributed by atoms with Crippen LogP contribution in [0, 0.1) is 0 Å². The molecule has 0 bridgehead atoms. The van der Waals surface area contributed by atoms with Crippen molar-refractivity contribution in [3.05, 3.63) is 70.8 Å². The maximum atomic E-state index is 12.4. The molecule has 0 radical (unpaired) electrons. The van der Waals surface area contributed by atoms with Crippen LogP contribution in [0.15, 0.2) is 65.3 Å². The summed E-state index contributed by atoms with van der Waals surface area (Å²) in [5.41, 5.74) is 1.78. The molecule has 0 aliphatic carbocycles. The van der Waals surface area contributed by atoms with E-state index in [1.807, 2.05) is 24.3 Å². The Balaban J connectivity index is 1.71. The zero-order valence-corrected chi connectivity index (χ0v) is 15.0. The van der Waals surface area contributed by atoms with Gasteiger partial charge in [-0.05, 0) is 49.4 Å². The maximum Gasteiger partial charge on any atom is 0.338 e. The number of anilines is 1. The molecule has 3 aromatic rings. The van der Waals surface area contributed by atoms with Gasteiger partial charge in [-0.15, -0.1) is 0 Å². The van der Waals surface area contributed by atoms with Gasteiger partial charge in [-0.2, -0.15) is 0 Å². The lowest BCUT2D eigenvalue weighted by Crippen LogP contribution is -2.30. The first-order chi connectivity index (χ1) is 12.0. The topological polar surface area (TPSA) is 68.3 Å². The summed E-state index contributed by atoms with van der Waals surface area (Å²) in [4.78, 5) is 28.8. The lowest BCUT2D eigenvalue weighted by Gasteiger charge is -2.14. The molecular weight excluding hydrogens is 384 g/mol. The second-order valence-electron chi connectivity index (χ2n) is 5.42. The molecule has 1 amide bonds. The third kappa shape index (κ3) is 4.03. The van der Waals surface area contributed by atoms with E-state index in [4.69, 9.17) is 4.74 Å². The third-order valence-corrected chi connectivity index (χ3v) is 4.11. The summed E-state index contributed by atoms with van der Waals surface area (Å²) in [5.74, 6) is -0.955. The molecule has 5 nitrogen and oxygen atoms in total. The predicted octanol–water partition coefficient (Wildman–Crippen LogP) is 4.18. The van der Waals surface area contributed by atoms with Crippen molar-refractivity contribution in [1.82, 2.24) is 4.98 Å². The van der Waals surface area contributed by atoms with Crippen molar-refractivity contribution in [2.45, 2.75) is 13.0 Å². The molecule has 0 saturated carbocycles. The van der Waals surface area contributed by atoms with Crippen LogP contribution >= 0.6 is 15.9 Å². The van der Waals surface area contributed by atoms with Crippen LogP contribution in [0.25, 0.3) is 10.9 Å². The van der Waals surface area contributed by atoms with Crippen LogP contribution in [0.1, 0.15) is 17.3 Å². The van der Waals surface area contributed by atoms with Crippen LogP contribution in [0.4, 0.5) is 5.69 Å². The number of nitrogens with one attached hydrogen (secondary N) is 1. The van der Waals surface area contributed by atoms with Gasteiger partial charge in [0.15, 0.2) is 6.10 Å². The zero-order chi connectivity index (χ0) is 17.8. The maximum absolute atomic E-state index is 12.4. The van der Waals surface area contributed by atoms with Crippen molar-refractivity contribution < 1.29 is 14.3 Å². The van der Waals surface area contributed by atoms with Gasteiger partial charge in [0.2, 0.25) is 0 Å². The molecule has 1 N–H and O–H groups in total. The quantitative estimate of drug-likeness (QED) is 0.669. The van der Waals surface area contributed by atoms with Crippen LogP contribution < -0.4 is 5.32 Å². The van der Waals surface area contributed by atoms with Crippen LogP contribution in [0.5, 0.6) is 0 Å². The van der Waals surface area contributed by atoms with Gasteiger partial charge < -0.3 is 10.1 Å². The summed E-state index contributed by atoms with van der Waals surface area (Å²) in [6.07, 6.45) is 0.759. The fourth-order valence-electron chi connectivity index (χ4n) is 2.34. The minimum atomic E-state index is -0.932. The minimum absolute atomic E-state index is 0.378. The standard InChI is InChI=1S/C19H15BrN2O3/c1-12(25-19(24)13-5-2-6-14(20)11-13)18(23)22-17-9-3-8-16-15(17)7-4-10-21-16/h2-12H,1H3,(H,22,23). The highest BCUT2D eigenvalue weighted by molar-refractivity contribution is 9.10. The molecule has 1 aromatic heterocycles. The van der Waals surface area contributed by atoms with Gasteiger partial charge >= 0.3 is 5.97 Å². The van der Waals surface area contributed by atoms with Crippen molar-refractivity contribution >= 4 is 44.4 Å². The average molecular weight is 399 g/mol. The number of hydrogen-bond donors (Lipinski definition) is 1. The average Bonchev–Trinajstić information content (AvgIpc) is 2.62. The number of benzene rings is 2. The molecule has 25 heavy (non-hydrogen) atoms. The summed E-state index contributed by atoms with van der Waals surface area (Å²) in [7, 11) is 0. The molecule has 0 fully saturated rings. The van der Waals surface area contributed by atoms with Crippen LogP contribution in [-0.2, 0) is 9.53 Å². The Kier molecular flexibility index (Phi) is 5.09. The Hall–Kier alpha value is -2.73. The van der Waals surface area contributed by atoms with Crippen LogP contribution in [-0.4, -0.2) is 23.0 Å². The summed E-state index contributed by atoms with van der Waals surface area (Å²) in [6, 6.07) is 15.9. The summed E-state index contributed by atoms with van der Waals surface area (Å²) >= 11 is 3.30. The Morgan fingerprint density at radius 2 is 1.92 bits per heavy atom. The number of ether oxygens (including phenoxy) is 1. The molecule has 2 aromatic carbocycles. The first-order valence-electron chi connectivity index (χ1n) is 7.66. The molecule has 0 spiro atoms. The van der Waals surface area contributed by atoms with E-state index in [1.165, 1.54) is 6.92 Å². The van der Waals surface area contributed by atoms with Crippen LogP contribution in [0.3, 0.4) is 0 Å².